The molecule has 1 aliphatic heterocycles. The third kappa shape index (κ3) is 2.53. The number of benzene rings is 1. The maximum absolute atomic E-state index is 5.87. The molecule has 0 fully saturated rings. The van der Waals surface area contributed by atoms with Gasteiger partial charge < -0.3 is 15.0 Å². The fourth-order valence-corrected chi connectivity index (χ4v) is 2.16. The van der Waals surface area contributed by atoms with E-state index in [9.17, 15) is 0 Å². The first-order valence-corrected chi connectivity index (χ1v) is 6.35. The third-order valence-corrected chi connectivity index (χ3v) is 3.01. The van der Waals surface area contributed by atoms with Crippen LogP contribution in [0.25, 0.3) is 0 Å². The molecule has 2 aromatic rings. The van der Waals surface area contributed by atoms with Crippen LogP contribution >= 0.6 is 0 Å². The third-order valence-electron chi connectivity index (χ3n) is 3.01. The number of hydrogen-bond acceptors (Lipinski definition) is 4. The van der Waals surface area contributed by atoms with Crippen molar-refractivity contribution in [3.05, 3.63) is 53.7 Å². The largest absolute Gasteiger partial charge is 0.463 e. The lowest BCUT2D eigenvalue weighted by atomic mass is 10.2. The summed E-state index contributed by atoms with van der Waals surface area (Å²) in [6, 6.07) is 14.1. The highest BCUT2D eigenvalue weighted by Crippen LogP contribution is 2.36. The van der Waals surface area contributed by atoms with E-state index in [0.29, 0.717) is 0 Å². The van der Waals surface area contributed by atoms with E-state index in [0.717, 1.165) is 29.4 Å². The zero-order valence-electron chi connectivity index (χ0n) is 11.1. The van der Waals surface area contributed by atoms with Gasteiger partial charge in [-0.2, -0.15) is 0 Å². The average Bonchev–Trinajstić information content (AvgIpc) is 2.82. The maximum atomic E-state index is 5.87. The van der Waals surface area contributed by atoms with Crippen LogP contribution in [0.1, 0.15) is 17.5 Å². The molecular formula is C15H17N3O. The number of nitrogens with zero attached hydrogens (tertiary/aromatic N) is 2. The van der Waals surface area contributed by atoms with Crippen LogP contribution in [0.3, 0.4) is 0 Å². The van der Waals surface area contributed by atoms with Gasteiger partial charge in [0.05, 0.1) is 5.69 Å². The Morgan fingerprint density at radius 3 is 2.68 bits per heavy atom. The highest BCUT2D eigenvalue weighted by atomic mass is 16.5. The summed E-state index contributed by atoms with van der Waals surface area (Å²) in [6.07, 6.45) is -0.140. The number of pyridine rings is 1. The molecule has 98 valence electrons. The van der Waals surface area contributed by atoms with Crippen molar-refractivity contribution in [2.75, 3.05) is 19.4 Å². The van der Waals surface area contributed by atoms with Crippen molar-refractivity contribution in [1.82, 2.24) is 9.88 Å². The van der Waals surface area contributed by atoms with E-state index in [1.807, 2.05) is 56.6 Å². The number of nitrogens with one attached hydrogen (secondary N) is 1. The molecule has 1 aliphatic rings. The summed E-state index contributed by atoms with van der Waals surface area (Å²) in [6.45, 7) is 0.824. The Kier molecular flexibility index (Phi) is 3.09. The highest BCUT2D eigenvalue weighted by Gasteiger charge is 2.24. The Balaban J connectivity index is 1.81. The maximum Gasteiger partial charge on any atom is 0.197 e. The Labute approximate surface area is 113 Å². The van der Waals surface area contributed by atoms with Gasteiger partial charge in [0.15, 0.2) is 17.8 Å². The lowest BCUT2D eigenvalue weighted by molar-refractivity contribution is 0.260. The number of rotatable bonds is 3. The topological polar surface area (TPSA) is 37.4 Å². The molecule has 1 aromatic heterocycles. The van der Waals surface area contributed by atoms with Gasteiger partial charge in [-0.25, -0.2) is 4.98 Å². The van der Waals surface area contributed by atoms with Gasteiger partial charge in [0.25, 0.3) is 0 Å². The minimum Gasteiger partial charge on any atom is -0.463 e. The van der Waals surface area contributed by atoms with E-state index in [-0.39, 0.29) is 6.23 Å². The molecule has 1 unspecified atom stereocenters. The van der Waals surface area contributed by atoms with Gasteiger partial charge in [-0.15, -0.1) is 0 Å². The van der Waals surface area contributed by atoms with Crippen molar-refractivity contribution in [3.8, 4) is 5.75 Å². The second kappa shape index (κ2) is 4.90. The molecule has 4 nitrogen and oxygen atoms in total. The average molecular weight is 255 g/mol. The van der Waals surface area contributed by atoms with Gasteiger partial charge in [-0.05, 0) is 26.2 Å². The van der Waals surface area contributed by atoms with Crippen LogP contribution in [0.2, 0.25) is 0 Å². The molecule has 3 rings (SSSR count). The predicted molar refractivity (Wildman–Crippen MR) is 75.1 cm³/mol. The van der Waals surface area contributed by atoms with Crippen molar-refractivity contribution in [2.45, 2.75) is 12.8 Å². The smallest absolute Gasteiger partial charge is 0.197 e. The summed E-state index contributed by atoms with van der Waals surface area (Å²) in [5.41, 5.74) is 2.14. The number of fused-ring (bicyclic) bond motifs is 1. The lowest BCUT2D eigenvalue weighted by Crippen LogP contribution is -2.12. The summed E-state index contributed by atoms with van der Waals surface area (Å²) in [7, 11) is 4.07. The summed E-state index contributed by atoms with van der Waals surface area (Å²) in [4.78, 5) is 6.69. The van der Waals surface area contributed by atoms with Gasteiger partial charge in [0.2, 0.25) is 0 Å². The van der Waals surface area contributed by atoms with Crippen molar-refractivity contribution in [3.63, 3.8) is 0 Å². The molecule has 19 heavy (non-hydrogen) atoms. The minimum atomic E-state index is -0.140. The second-order valence-corrected chi connectivity index (χ2v) is 4.94. The molecule has 0 bridgehead atoms. The lowest BCUT2D eigenvalue weighted by Gasteiger charge is -2.10. The highest BCUT2D eigenvalue weighted by molar-refractivity contribution is 5.55. The summed E-state index contributed by atoms with van der Waals surface area (Å²) in [5.74, 6) is 1.64. The zero-order valence-corrected chi connectivity index (χ0v) is 11.1. The van der Waals surface area contributed by atoms with Crippen LogP contribution in [0.4, 0.5) is 5.82 Å². The Morgan fingerprint density at radius 1 is 1.16 bits per heavy atom. The van der Waals surface area contributed by atoms with Crippen molar-refractivity contribution < 1.29 is 4.74 Å². The zero-order chi connectivity index (χ0) is 13.2. The first-order valence-electron chi connectivity index (χ1n) is 6.35. The Bertz CT molecular complexity index is 569. The van der Waals surface area contributed by atoms with Gasteiger partial charge in [-0.1, -0.05) is 30.3 Å². The predicted octanol–water partition coefficient (Wildman–Crippen LogP) is 2.65. The minimum absolute atomic E-state index is 0.140. The fourth-order valence-electron chi connectivity index (χ4n) is 2.16. The summed E-state index contributed by atoms with van der Waals surface area (Å²) >= 11 is 0. The van der Waals surface area contributed by atoms with E-state index in [2.05, 4.69) is 15.2 Å². The van der Waals surface area contributed by atoms with Crippen LogP contribution in [0.5, 0.6) is 5.75 Å². The van der Waals surface area contributed by atoms with Crippen molar-refractivity contribution >= 4 is 5.82 Å². The first-order chi connectivity index (χ1) is 9.22. The number of ether oxygens (including phenoxy) is 1. The normalized spacial score (nSPS) is 16.9. The van der Waals surface area contributed by atoms with E-state index < -0.39 is 0 Å². The van der Waals surface area contributed by atoms with E-state index in [1.165, 1.54) is 0 Å². The molecule has 0 saturated heterocycles. The molecule has 0 spiro atoms. The van der Waals surface area contributed by atoms with Gasteiger partial charge >= 0.3 is 0 Å². The molecular weight excluding hydrogens is 238 g/mol. The van der Waals surface area contributed by atoms with E-state index >= 15 is 0 Å². The van der Waals surface area contributed by atoms with Crippen LogP contribution in [0, 0.1) is 0 Å². The molecule has 0 aliphatic carbocycles. The number of aromatic nitrogens is 1. The fraction of sp³-hybridized carbons (Fsp3) is 0.267. The molecule has 2 heterocycles. The first kappa shape index (κ1) is 12.0. The van der Waals surface area contributed by atoms with Crippen LogP contribution < -0.4 is 10.1 Å². The summed E-state index contributed by atoms with van der Waals surface area (Å²) in [5, 5.41) is 3.31. The molecule has 0 saturated carbocycles. The Morgan fingerprint density at radius 2 is 1.95 bits per heavy atom. The van der Waals surface area contributed by atoms with Gasteiger partial charge in [0, 0.05) is 12.1 Å². The second-order valence-electron chi connectivity index (χ2n) is 4.94. The molecule has 1 N–H and O–H groups in total. The van der Waals surface area contributed by atoms with Gasteiger partial charge in [0.1, 0.15) is 0 Å². The van der Waals surface area contributed by atoms with Crippen LogP contribution in [-0.2, 0) is 6.54 Å². The molecule has 1 aromatic carbocycles. The van der Waals surface area contributed by atoms with Crippen LogP contribution in [0.15, 0.2) is 42.5 Å². The quantitative estimate of drug-likeness (QED) is 0.915. The van der Waals surface area contributed by atoms with Crippen molar-refractivity contribution in [2.24, 2.45) is 0 Å². The molecule has 0 radical (unpaired) electrons. The van der Waals surface area contributed by atoms with Crippen molar-refractivity contribution in [1.29, 1.82) is 0 Å². The van der Waals surface area contributed by atoms with Gasteiger partial charge in [-0.3, -0.25) is 0 Å². The molecule has 0 amide bonds. The SMILES string of the molecule is CN(C)Cc1ccc2c(n1)NC(c1ccccc1)O2. The standard InChI is InChI=1S/C15H17N3O/c1-18(2)10-12-8-9-13-14(16-12)17-15(19-13)11-6-4-3-5-7-11/h3-9,15H,10H2,1-2H3,(H,16,17). The monoisotopic (exact) mass is 255 g/mol. The van der Waals surface area contributed by atoms with E-state index in [1.54, 1.807) is 0 Å². The van der Waals surface area contributed by atoms with Crippen LogP contribution in [-0.4, -0.2) is 24.0 Å². The molecule has 1 atom stereocenters. The summed E-state index contributed by atoms with van der Waals surface area (Å²) < 4.78 is 5.87. The Hall–Kier alpha value is -2.07. The molecule has 4 heteroatoms. The number of anilines is 1. The van der Waals surface area contributed by atoms with E-state index in [4.69, 9.17) is 4.74 Å². The number of hydrogen-bond donors (Lipinski definition) is 1.